The molecule has 1 aliphatic carbocycles. The van der Waals surface area contributed by atoms with Gasteiger partial charge < -0.3 is 11.1 Å². The number of amides is 2. The minimum absolute atomic E-state index is 0.151. The highest BCUT2D eigenvalue weighted by molar-refractivity contribution is 5.82. The van der Waals surface area contributed by atoms with Gasteiger partial charge in [0.15, 0.2) is 0 Å². The molecule has 1 heterocycles. The first-order valence-electron chi connectivity index (χ1n) is 11.0. The Kier molecular flexibility index (Phi) is 7.88. The van der Waals surface area contributed by atoms with Gasteiger partial charge in [-0.1, -0.05) is 40.0 Å². The number of hydrogen-bond donors (Lipinski definition) is 2. The number of carbonyl (C=O) groups excluding carboxylic acids is 2. The molecule has 2 rings (SSSR count). The smallest absolute Gasteiger partial charge is 0.223 e. The monoisotopic (exact) mass is 390 g/mol. The van der Waals surface area contributed by atoms with E-state index in [4.69, 9.17) is 5.73 Å². The number of nitrogens with one attached hydrogen (secondary N) is 1. The van der Waals surface area contributed by atoms with Crippen molar-refractivity contribution in [2.24, 2.45) is 17.1 Å². The second-order valence-corrected chi connectivity index (χ2v) is 9.45. The second-order valence-electron chi connectivity index (χ2n) is 9.45. The number of hydrogen-bond acceptors (Lipinski definition) is 4. The van der Waals surface area contributed by atoms with Crippen molar-refractivity contribution < 1.29 is 9.59 Å². The number of rotatable bonds is 8. The zero-order chi connectivity index (χ0) is 20.8. The molecule has 0 aromatic heterocycles. The molecule has 0 spiro atoms. The summed E-state index contributed by atoms with van der Waals surface area (Å²) < 4.78 is 0. The highest BCUT2D eigenvalue weighted by Gasteiger charge is 2.44. The molecule has 0 bridgehead atoms. The fraction of sp³-hybridized carbons (Fsp3) is 0.864. The highest BCUT2D eigenvalue weighted by atomic mass is 16.2. The van der Waals surface area contributed by atoms with Gasteiger partial charge in [0.2, 0.25) is 11.8 Å². The van der Waals surface area contributed by atoms with Crippen LogP contribution in [0, 0.1) is 22.7 Å². The van der Waals surface area contributed by atoms with E-state index in [1.165, 1.54) is 32.1 Å². The van der Waals surface area contributed by atoms with Gasteiger partial charge in [-0.15, -0.1) is 0 Å². The van der Waals surface area contributed by atoms with Crippen molar-refractivity contribution in [3.8, 4) is 6.07 Å². The molecule has 0 aromatic rings. The van der Waals surface area contributed by atoms with Crippen molar-refractivity contribution in [2.45, 2.75) is 96.6 Å². The lowest BCUT2D eigenvalue weighted by Gasteiger charge is -2.47. The highest BCUT2D eigenvalue weighted by Crippen LogP contribution is 2.37. The van der Waals surface area contributed by atoms with Crippen LogP contribution in [0.5, 0.6) is 0 Å². The summed E-state index contributed by atoms with van der Waals surface area (Å²) >= 11 is 0. The summed E-state index contributed by atoms with van der Waals surface area (Å²) in [6.45, 7) is 7.63. The predicted octanol–water partition coefficient (Wildman–Crippen LogP) is 3.11. The van der Waals surface area contributed by atoms with Crippen molar-refractivity contribution >= 4 is 11.8 Å². The molecule has 2 aliphatic rings. The number of piperidine rings is 1. The maximum absolute atomic E-state index is 12.6. The van der Waals surface area contributed by atoms with E-state index >= 15 is 0 Å². The Hall–Kier alpha value is -1.61. The first-order valence-corrected chi connectivity index (χ1v) is 11.0. The van der Waals surface area contributed by atoms with E-state index < -0.39 is 16.9 Å². The van der Waals surface area contributed by atoms with Crippen LogP contribution in [0.3, 0.4) is 0 Å². The number of nitrogens with zero attached hydrogens (tertiary/aromatic N) is 2. The third kappa shape index (κ3) is 5.70. The summed E-state index contributed by atoms with van der Waals surface area (Å²) in [4.78, 5) is 26.6. The van der Waals surface area contributed by atoms with E-state index in [-0.39, 0.29) is 12.3 Å². The van der Waals surface area contributed by atoms with Crippen LogP contribution >= 0.6 is 0 Å². The van der Waals surface area contributed by atoms with E-state index in [2.05, 4.69) is 23.2 Å². The molecule has 1 saturated heterocycles. The average Bonchev–Trinajstić information content (AvgIpc) is 2.68. The molecule has 28 heavy (non-hydrogen) atoms. The van der Waals surface area contributed by atoms with Crippen molar-refractivity contribution in [1.29, 1.82) is 5.26 Å². The molecule has 6 nitrogen and oxygen atoms in total. The summed E-state index contributed by atoms with van der Waals surface area (Å²) in [7, 11) is 0. The Bertz CT molecular complexity index is 587. The van der Waals surface area contributed by atoms with Crippen LogP contribution in [0.4, 0.5) is 0 Å². The van der Waals surface area contributed by atoms with E-state index in [0.29, 0.717) is 31.2 Å². The number of primary amides is 1. The topological polar surface area (TPSA) is 99.2 Å². The first kappa shape index (κ1) is 22.7. The van der Waals surface area contributed by atoms with Gasteiger partial charge in [-0.25, -0.2) is 0 Å². The van der Waals surface area contributed by atoms with Crippen LogP contribution in [0.1, 0.15) is 85.0 Å². The number of likely N-dealkylation sites (tertiary alicyclic amines) is 1. The number of nitriles is 1. The lowest BCUT2D eigenvalue weighted by atomic mass is 9.74. The summed E-state index contributed by atoms with van der Waals surface area (Å²) in [5.41, 5.74) is 3.90. The van der Waals surface area contributed by atoms with Crippen molar-refractivity contribution in [2.75, 3.05) is 13.1 Å². The zero-order valence-electron chi connectivity index (χ0n) is 17.9. The van der Waals surface area contributed by atoms with Gasteiger partial charge in [0.05, 0.1) is 6.07 Å². The molecular formula is C22H38N4O2. The molecule has 0 aromatic carbocycles. The summed E-state index contributed by atoms with van der Waals surface area (Å²) in [5.74, 6) is 0.0711. The third-order valence-corrected chi connectivity index (χ3v) is 6.79. The Morgan fingerprint density at radius 3 is 2.54 bits per heavy atom. The summed E-state index contributed by atoms with van der Waals surface area (Å²) in [6.07, 6.45) is 9.40. The molecule has 1 aliphatic heterocycles. The van der Waals surface area contributed by atoms with Crippen LogP contribution in [0.15, 0.2) is 0 Å². The molecule has 3 N–H and O–H groups in total. The molecule has 6 heteroatoms. The number of nitrogens with two attached hydrogens (primary N) is 1. The first-order chi connectivity index (χ1) is 13.2. The second kappa shape index (κ2) is 9.73. The Labute approximate surface area is 170 Å². The van der Waals surface area contributed by atoms with Gasteiger partial charge in [-0.05, 0) is 51.0 Å². The average molecular weight is 391 g/mol. The standard InChI is InChI=1S/C22H38N4O2/c1-4-13-26-14-12-22(16-23,15-18(26)17-8-6-5-7-9-17)25-19(27)10-11-21(2,3)20(24)28/h17-18H,4-15H2,1-3H3,(H2,24,28)(H,25,27). The van der Waals surface area contributed by atoms with Gasteiger partial charge in [-0.3, -0.25) is 14.5 Å². The van der Waals surface area contributed by atoms with Crippen LogP contribution < -0.4 is 11.1 Å². The molecule has 2 unspecified atom stereocenters. The zero-order valence-corrected chi connectivity index (χ0v) is 17.9. The van der Waals surface area contributed by atoms with Gasteiger partial charge in [0, 0.05) is 24.4 Å². The summed E-state index contributed by atoms with van der Waals surface area (Å²) in [5, 5.41) is 13.0. The van der Waals surface area contributed by atoms with Crippen LogP contribution in [-0.4, -0.2) is 41.4 Å². The summed E-state index contributed by atoms with van der Waals surface area (Å²) in [6, 6.07) is 2.82. The Morgan fingerprint density at radius 1 is 1.29 bits per heavy atom. The molecule has 2 amide bonds. The third-order valence-electron chi connectivity index (χ3n) is 6.79. The Morgan fingerprint density at radius 2 is 1.96 bits per heavy atom. The molecule has 2 fully saturated rings. The normalized spacial score (nSPS) is 27.1. The lowest BCUT2D eigenvalue weighted by molar-refractivity contribution is -0.128. The van der Waals surface area contributed by atoms with E-state index in [9.17, 15) is 14.9 Å². The van der Waals surface area contributed by atoms with E-state index in [1.807, 2.05) is 0 Å². The van der Waals surface area contributed by atoms with Gasteiger partial charge in [0.1, 0.15) is 5.54 Å². The van der Waals surface area contributed by atoms with Gasteiger partial charge in [0.25, 0.3) is 0 Å². The SMILES string of the molecule is CCCN1CCC(C#N)(NC(=O)CCC(C)(C)C(N)=O)CC1C1CCCCC1. The van der Waals surface area contributed by atoms with E-state index in [0.717, 1.165) is 19.5 Å². The van der Waals surface area contributed by atoms with Gasteiger partial charge >= 0.3 is 0 Å². The van der Waals surface area contributed by atoms with Crippen LogP contribution in [0.25, 0.3) is 0 Å². The molecule has 158 valence electrons. The lowest BCUT2D eigenvalue weighted by Crippen LogP contribution is -2.60. The minimum atomic E-state index is -0.791. The fourth-order valence-electron chi connectivity index (χ4n) is 4.76. The van der Waals surface area contributed by atoms with Crippen molar-refractivity contribution in [1.82, 2.24) is 10.2 Å². The molecular weight excluding hydrogens is 352 g/mol. The van der Waals surface area contributed by atoms with E-state index in [1.54, 1.807) is 13.8 Å². The largest absolute Gasteiger partial charge is 0.369 e. The van der Waals surface area contributed by atoms with Crippen molar-refractivity contribution in [3.05, 3.63) is 0 Å². The quantitative estimate of drug-likeness (QED) is 0.665. The van der Waals surface area contributed by atoms with Crippen LogP contribution in [0.2, 0.25) is 0 Å². The minimum Gasteiger partial charge on any atom is -0.369 e. The predicted molar refractivity (Wildman–Crippen MR) is 110 cm³/mol. The van der Waals surface area contributed by atoms with Crippen molar-refractivity contribution in [3.63, 3.8) is 0 Å². The van der Waals surface area contributed by atoms with Crippen LogP contribution in [-0.2, 0) is 9.59 Å². The molecule has 0 radical (unpaired) electrons. The molecule has 2 atom stereocenters. The Balaban J connectivity index is 2.05. The number of carbonyl (C=O) groups is 2. The molecule has 1 saturated carbocycles. The maximum atomic E-state index is 12.6. The van der Waals surface area contributed by atoms with Gasteiger partial charge in [-0.2, -0.15) is 5.26 Å². The maximum Gasteiger partial charge on any atom is 0.223 e. The fourth-order valence-corrected chi connectivity index (χ4v) is 4.76.